The monoisotopic (exact) mass is 477 g/mol. The minimum absolute atomic E-state index is 0.115. The van der Waals surface area contributed by atoms with E-state index in [9.17, 15) is 9.90 Å². The minimum atomic E-state index is -0.594. The van der Waals surface area contributed by atoms with Gasteiger partial charge in [0.25, 0.3) is 0 Å². The number of hydrogen-bond acceptors (Lipinski definition) is 3. The van der Waals surface area contributed by atoms with Crippen molar-refractivity contribution < 1.29 is 14.6 Å². The van der Waals surface area contributed by atoms with Crippen molar-refractivity contribution in [2.75, 3.05) is 13.1 Å². The summed E-state index contributed by atoms with van der Waals surface area (Å²) in [4.78, 5) is 13.9. The van der Waals surface area contributed by atoms with Crippen LogP contribution >= 0.6 is 0 Å². The highest BCUT2D eigenvalue weighted by molar-refractivity contribution is 5.84. The van der Waals surface area contributed by atoms with E-state index >= 15 is 0 Å². The third-order valence-electron chi connectivity index (χ3n) is 9.20. The molecular formula is C31H43NO3. The molecule has 0 spiro atoms. The van der Waals surface area contributed by atoms with E-state index in [4.69, 9.17) is 4.74 Å². The van der Waals surface area contributed by atoms with Crippen molar-refractivity contribution in [2.45, 2.75) is 84.8 Å². The second-order valence-electron chi connectivity index (χ2n) is 12.7. The molecule has 5 rings (SSSR count). The van der Waals surface area contributed by atoms with Crippen LogP contribution in [0.15, 0.2) is 36.4 Å². The van der Waals surface area contributed by atoms with Crippen LogP contribution < -0.4 is 4.74 Å². The van der Waals surface area contributed by atoms with Crippen LogP contribution in [0.3, 0.4) is 0 Å². The molecule has 35 heavy (non-hydrogen) atoms. The van der Waals surface area contributed by atoms with Gasteiger partial charge in [0.05, 0.1) is 12.0 Å². The molecule has 0 bridgehead atoms. The molecular weight excluding hydrogens is 434 g/mol. The lowest BCUT2D eigenvalue weighted by atomic mass is 9.72. The summed E-state index contributed by atoms with van der Waals surface area (Å²) in [6, 6.07) is 13.4. The number of hydrogen-bond donors (Lipinski definition) is 1. The summed E-state index contributed by atoms with van der Waals surface area (Å²) >= 11 is 0. The van der Waals surface area contributed by atoms with E-state index < -0.39 is 5.97 Å². The molecule has 2 unspecified atom stereocenters. The summed E-state index contributed by atoms with van der Waals surface area (Å²) in [5.74, 6) is 2.38. The standard InChI is InChI=1S/C31H43NO3/c1-31(2,3)27-10-13-28(14-11-27)35-29-12-9-23-15-21(7-8-24(23)17-29)18-32-19-26(20-32)22-5-4-6-25(16-22)30(33)34/h7-9,12,15,17,22,25-28H,4-6,10-11,13-14,16,18-20H2,1-3H3,(H,33,34). The number of carbonyl (C=O) groups is 1. The molecule has 2 aromatic carbocycles. The summed E-state index contributed by atoms with van der Waals surface area (Å²) < 4.78 is 6.39. The fourth-order valence-electron chi connectivity index (χ4n) is 6.86. The number of benzene rings is 2. The molecule has 2 aromatic rings. The lowest BCUT2D eigenvalue weighted by Crippen LogP contribution is -2.50. The van der Waals surface area contributed by atoms with E-state index in [1.54, 1.807) is 0 Å². The first-order valence-electron chi connectivity index (χ1n) is 13.9. The van der Waals surface area contributed by atoms with Gasteiger partial charge in [-0.25, -0.2) is 0 Å². The molecule has 4 heteroatoms. The molecule has 0 aromatic heterocycles. The normalized spacial score (nSPS) is 28.5. The van der Waals surface area contributed by atoms with Crippen LogP contribution in [-0.4, -0.2) is 35.2 Å². The van der Waals surface area contributed by atoms with Crippen molar-refractivity contribution >= 4 is 16.7 Å². The van der Waals surface area contributed by atoms with Crippen LogP contribution in [0.25, 0.3) is 10.8 Å². The average molecular weight is 478 g/mol. The Labute approximate surface area is 211 Å². The summed E-state index contributed by atoms with van der Waals surface area (Å²) in [5.41, 5.74) is 1.76. The summed E-state index contributed by atoms with van der Waals surface area (Å²) in [7, 11) is 0. The maximum absolute atomic E-state index is 11.4. The van der Waals surface area contributed by atoms with Crippen molar-refractivity contribution in [2.24, 2.45) is 29.1 Å². The van der Waals surface area contributed by atoms with Gasteiger partial charge in [0, 0.05) is 19.6 Å². The van der Waals surface area contributed by atoms with Gasteiger partial charge in [0.15, 0.2) is 0 Å². The van der Waals surface area contributed by atoms with Crippen LogP contribution in [0, 0.1) is 29.1 Å². The molecule has 4 nitrogen and oxygen atoms in total. The Morgan fingerprint density at radius 2 is 1.66 bits per heavy atom. The number of fused-ring (bicyclic) bond motifs is 1. The fourth-order valence-corrected chi connectivity index (χ4v) is 6.86. The Morgan fingerprint density at radius 1 is 0.943 bits per heavy atom. The predicted molar refractivity (Wildman–Crippen MR) is 142 cm³/mol. The largest absolute Gasteiger partial charge is 0.490 e. The Balaban J connectivity index is 1.12. The van der Waals surface area contributed by atoms with Gasteiger partial charge in [-0.15, -0.1) is 0 Å². The predicted octanol–water partition coefficient (Wildman–Crippen LogP) is 7.15. The molecule has 0 radical (unpaired) electrons. The van der Waals surface area contributed by atoms with Crippen molar-refractivity contribution in [3.05, 3.63) is 42.0 Å². The Bertz CT molecular complexity index is 1030. The van der Waals surface area contributed by atoms with Gasteiger partial charge in [0.1, 0.15) is 5.75 Å². The van der Waals surface area contributed by atoms with E-state index in [0.717, 1.165) is 63.4 Å². The zero-order chi connectivity index (χ0) is 24.6. The SMILES string of the molecule is CC(C)(C)C1CCC(Oc2ccc3cc(CN4CC(C5CCCC(C(=O)O)C5)C4)ccc3c2)CC1. The maximum atomic E-state index is 11.4. The third-order valence-corrected chi connectivity index (χ3v) is 9.20. The molecule has 2 aliphatic carbocycles. The number of carboxylic acids is 1. The van der Waals surface area contributed by atoms with Crippen LogP contribution in [0.2, 0.25) is 0 Å². The first-order chi connectivity index (χ1) is 16.7. The Hall–Kier alpha value is -2.07. The van der Waals surface area contributed by atoms with Gasteiger partial charge in [0.2, 0.25) is 0 Å². The number of likely N-dealkylation sites (tertiary alicyclic amines) is 1. The minimum Gasteiger partial charge on any atom is -0.490 e. The highest BCUT2D eigenvalue weighted by atomic mass is 16.5. The second-order valence-corrected chi connectivity index (χ2v) is 12.7. The zero-order valence-corrected chi connectivity index (χ0v) is 21.8. The molecule has 2 saturated carbocycles. The number of aliphatic carboxylic acids is 1. The zero-order valence-electron chi connectivity index (χ0n) is 21.8. The van der Waals surface area contributed by atoms with Crippen molar-refractivity contribution in [3.8, 4) is 5.75 Å². The molecule has 3 aliphatic rings. The average Bonchev–Trinajstić information content (AvgIpc) is 2.81. The Kier molecular flexibility index (Phi) is 7.12. The van der Waals surface area contributed by atoms with E-state index in [1.807, 2.05) is 0 Å². The van der Waals surface area contributed by atoms with Crippen molar-refractivity contribution in [1.82, 2.24) is 4.90 Å². The third kappa shape index (κ3) is 5.85. The molecule has 3 fully saturated rings. The second kappa shape index (κ2) is 10.1. The molecule has 1 heterocycles. The molecule has 1 saturated heterocycles. The lowest BCUT2D eigenvalue weighted by molar-refractivity contribution is -0.144. The van der Waals surface area contributed by atoms with Crippen LogP contribution in [0.1, 0.15) is 77.7 Å². The van der Waals surface area contributed by atoms with Crippen LogP contribution in [0.5, 0.6) is 5.75 Å². The van der Waals surface area contributed by atoms with Crippen LogP contribution in [0.4, 0.5) is 0 Å². The van der Waals surface area contributed by atoms with Gasteiger partial charge in [-0.3, -0.25) is 9.69 Å². The topological polar surface area (TPSA) is 49.8 Å². The molecule has 1 N–H and O–H groups in total. The van der Waals surface area contributed by atoms with Crippen molar-refractivity contribution in [3.63, 3.8) is 0 Å². The highest BCUT2D eigenvalue weighted by Crippen LogP contribution is 2.40. The lowest BCUT2D eigenvalue weighted by Gasteiger charge is -2.45. The molecule has 190 valence electrons. The van der Waals surface area contributed by atoms with Gasteiger partial charge in [-0.05, 0) is 96.2 Å². The smallest absolute Gasteiger partial charge is 0.306 e. The first kappa shape index (κ1) is 24.6. The number of ether oxygens (including phenoxy) is 1. The van der Waals surface area contributed by atoms with Gasteiger partial charge < -0.3 is 9.84 Å². The summed E-state index contributed by atoms with van der Waals surface area (Å²) in [6.45, 7) is 10.3. The highest BCUT2D eigenvalue weighted by Gasteiger charge is 2.37. The number of nitrogens with zero attached hydrogens (tertiary/aromatic N) is 1. The van der Waals surface area contributed by atoms with E-state index in [1.165, 1.54) is 35.6 Å². The van der Waals surface area contributed by atoms with E-state index in [2.05, 4.69) is 62.1 Å². The maximum Gasteiger partial charge on any atom is 0.306 e. The Morgan fingerprint density at radius 3 is 2.37 bits per heavy atom. The van der Waals surface area contributed by atoms with Gasteiger partial charge in [-0.1, -0.05) is 51.8 Å². The first-order valence-corrected chi connectivity index (χ1v) is 13.9. The molecule has 2 atom stereocenters. The van der Waals surface area contributed by atoms with Gasteiger partial charge in [-0.2, -0.15) is 0 Å². The summed E-state index contributed by atoms with van der Waals surface area (Å²) in [6.07, 6.45) is 9.23. The fraction of sp³-hybridized carbons (Fsp3) is 0.645. The van der Waals surface area contributed by atoms with Crippen LogP contribution in [-0.2, 0) is 11.3 Å². The molecule has 1 aliphatic heterocycles. The molecule has 0 amide bonds. The quantitative estimate of drug-likeness (QED) is 0.480. The van der Waals surface area contributed by atoms with Crippen molar-refractivity contribution in [1.29, 1.82) is 0 Å². The number of rotatable bonds is 6. The van der Waals surface area contributed by atoms with E-state index in [-0.39, 0.29) is 5.92 Å². The summed E-state index contributed by atoms with van der Waals surface area (Å²) in [5, 5.41) is 11.9. The van der Waals surface area contributed by atoms with Gasteiger partial charge >= 0.3 is 5.97 Å². The number of carboxylic acid groups (broad SMARTS) is 1. The van der Waals surface area contributed by atoms with E-state index in [0.29, 0.717) is 23.4 Å².